The first kappa shape index (κ1) is 16.1. The van der Waals surface area contributed by atoms with E-state index in [-0.39, 0.29) is 21.8 Å². The lowest BCUT2D eigenvalue weighted by atomic mass is 10.1. The van der Waals surface area contributed by atoms with Gasteiger partial charge in [0, 0.05) is 14.9 Å². The Morgan fingerprint density at radius 1 is 1.43 bits per heavy atom. The van der Waals surface area contributed by atoms with Gasteiger partial charge in [0.25, 0.3) is 0 Å². The Morgan fingerprint density at radius 3 is 2.62 bits per heavy atom. The standard InChI is InChI=1S/C13H10BrFO4S2/c1-7-10(15)4-8(13(16)17)5-12(7)21(18,19)6-11-9(14)2-3-20-11/h2-5H,6H2,1H3,(H,16,17). The van der Waals surface area contributed by atoms with E-state index in [9.17, 15) is 17.6 Å². The molecule has 112 valence electrons. The first-order valence-corrected chi connectivity index (χ1v) is 9.03. The summed E-state index contributed by atoms with van der Waals surface area (Å²) in [5, 5.41) is 10.7. The molecule has 0 unspecified atom stereocenters. The van der Waals surface area contributed by atoms with Gasteiger partial charge in [0.2, 0.25) is 0 Å². The summed E-state index contributed by atoms with van der Waals surface area (Å²) in [5.74, 6) is -2.53. The normalized spacial score (nSPS) is 11.6. The van der Waals surface area contributed by atoms with Gasteiger partial charge in [-0.2, -0.15) is 0 Å². The zero-order valence-electron chi connectivity index (χ0n) is 10.8. The Balaban J connectivity index is 2.54. The fraction of sp³-hybridized carbons (Fsp3) is 0.154. The summed E-state index contributed by atoms with van der Waals surface area (Å²) in [7, 11) is -3.84. The third kappa shape index (κ3) is 3.33. The molecule has 0 fully saturated rings. The fourth-order valence-electron chi connectivity index (χ4n) is 1.78. The van der Waals surface area contributed by atoms with Crippen molar-refractivity contribution in [3.05, 3.63) is 49.9 Å². The molecule has 0 saturated carbocycles. The molecule has 0 aliphatic carbocycles. The SMILES string of the molecule is Cc1c(F)cc(C(=O)O)cc1S(=O)(=O)Cc1sccc1Br. The maximum atomic E-state index is 13.8. The number of carbonyl (C=O) groups is 1. The van der Waals surface area contributed by atoms with Gasteiger partial charge in [-0.05, 0) is 46.4 Å². The lowest BCUT2D eigenvalue weighted by Crippen LogP contribution is -2.10. The highest BCUT2D eigenvalue weighted by Gasteiger charge is 2.23. The van der Waals surface area contributed by atoms with E-state index in [1.165, 1.54) is 18.3 Å². The number of benzene rings is 1. The quantitative estimate of drug-likeness (QED) is 0.861. The van der Waals surface area contributed by atoms with Gasteiger partial charge in [0.1, 0.15) is 5.82 Å². The second-order valence-corrected chi connectivity index (χ2v) is 8.15. The Labute approximate surface area is 133 Å². The Morgan fingerprint density at radius 2 is 2.10 bits per heavy atom. The number of carboxylic acids is 1. The molecule has 0 aliphatic rings. The molecule has 0 radical (unpaired) electrons. The van der Waals surface area contributed by atoms with Gasteiger partial charge in [-0.1, -0.05) is 0 Å². The van der Waals surface area contributed by atoms with E-state index in [1.54, 1.807) is 11.4 Å². The van der Waals surface area contributed by atoms with E-state index < -0.39 is 21.6 Å². The van der Waals surface area contributed by atoms with Gasteiger partial charge in [-0.15, -0.1) is 11.3 Å². The summed E-state index contributed by atoms with van der Waals surface area (Å²) < 4.78 is 39.3. The molecule has 0 spiro atoms. The number of carboxylic acid groups (broad SMARTS) is 1. The minimum atomic E-state index is -3.84. The second kappa shape index (κ2) is 5.86. The van der Waals surface area contributed by atoms with Crippen LogP contribution >= 0.6 is 27.3 Å². The predicted octanol–water partition coefficient (Wildman–Crippen LogP) is 3.63. The molecule has 1 aromatic heterocycles. The monoisotopic (exact) mass is 392 g/mol. The second-order valence-electron chi connectivity index (χ2n) is 4.34. The molecule has 0 amide bonds. The van der Waals surface area contributed by atoms with Gasteiger partial charge in [-0.25, -0.2) is 17.6 Å². The van der Waals surface area contributed by atoms with Crippen molar-refractivity contribution in [2.24, 2.45) is 0 Å². The lowest BCUT2D eigenvalue weighted by molar-refractivity contribution is 0.0696. The van der Waals surface area contributed by atoms with Gasteiger partial charge in [-0.3, -0.25) is 0 Å². The average Bonchev–Trinajstić information content (AvgIpc) is 2.77. The molecule has 0 saturated heterocycles. The average molecular weight is 393 g/mol. The number of thiophene rings is 1. The molecule has 0 aliphatic heterocycles. The molecule has 1 heterocycles. The minimum Gasteiger partial charge on any atom is -0.478 e. The summed E-state index contributed by atoms with van der Waals surface area (Å²) >= 11 is 4.50. The Bertz CT molecular complexity index is 812. The van der Waals surface area contributed by atoms with Crippen molar-refractivity contribution in [3.63, 3.8) is 0 Å². The van der Waals surface area contributed by atoms with Crippen molar-refractivity contribution < 1.29 is 22.7 Å². The van der Waals surface area contributed by atoms with Crippen LogP contribution in [0.4, 0.5) is 4.39 Å². The van der Waals surface area contributed by atoms with Crippen LogP contribution in [0.1, 0.15) is 20.8 Å². The highest BCUT2D eigenvalue weighted by Crippen LogP contribution is 2.29. The van der Waals surface area contributed by atoms with Crippen LogP contribution in [0.3, 0.4) is 0 Å². The van der Waals surface area contributed by atoms with Gasteiger partial charge >= 0.3 is 5.97 Å². The molecule has 1 aromatic carbocycles. The molecule has 2 rings (SSSR count). The van der Waals surface area contributed by atoms with Gasteiger partial charge in [0.05, 0.1) is 16.2 Å². The number of rotatable bonds is 4. The van der Waals surface area contributed by atoms with Crippen molar-refractivity contribution >= 4 is 43.1 Å². The van der Waals surface area contributed by atoms with E-state index in [4.69, 9.17) is 5.11 Å². The third-order valence-electron chi connectivity index (χ3n) is 2.89. The topological polar surface area (TPSA) is 71.4 Å². The maximum Gasteiger partial charge on any atom is 0.335 e. The molecule has 4 nitrogen and oxygen atoms in total. The van der Waals surface area contributed by atoms with Crippen LogP contribution in [-0.4, -0.2) is 19.5 Å². The van der Waals surface area contributed by atoms with Crippen LogP contribution in [-0.2, 0) is 15.6 Å². The highest BCUT2D eigenvalue weighted by atomic mass is 79.9. The number of sulfone groups is 1. The van der Waals surface area contributed by atoms with Crippen LogP contribution in [0, 0.1) is 12.7 Å². The fourth-order valence-corrected chi connectivity index (χ4v) is 5.51. The van der Waals surface area contributed by atoms with Crippen LogP contribution in [0.15, 0.2) is 32.9 Å². The molecule has 8 heteroatoms. The van der Waals surface area contributed by atoms with Crippen LogP contribution in [0.5, 0.6) is 0 Å². The van der Waals surface area contributed by atoms with Crippen molar-refractivity contribution in [1.29, 1.82) is 0 Å². The summed E-state index contributed by atoms with van der Waals surface area (Å²) in [6, 6.07) is 3.53. The molecular formula is C13H10BrFO4S2. The summed E-state index contributed by atoms with van der Waals surface area (Å²) in [6.07, 6.45) is 0. The molecule has 1 N–H and O–H groups in total. The van der Waals surface area contributed by atoms with E-state index in [1.807, 2.05) is 0 Å². The van der Waals surface area contributed by atoms with Crippen LogP contribution in [0.2, 0.25) is 0 Å². The van der Waals surface area contributed by atoms with Crippen molar-refractivity contribution in [1.82, 2.24) is 0 Å². The maximum absolute atomic E-state index is 13.8. The zero-order chi connectivity index (χ0) is 15.8. The molecule has 21 heavy (non-hydrogen) atoms. The number of halogens is 2. The first-order valence-electron chi connectivity index (χ1n) is 5.70. The van der Waals surface area contributed by atoms with E-state index >= 15 is 0 Å². The van der Waals surface area contributed by atoms with Crippen molar-refractivity contribution in [2.75, 3.05) is 0 Å². The molecule has 0 atom stereocenters. The lowest BCUT2D eigenvalue weighted by Gasteiger charge is -2.09. The molecule has 0 bridgehead atoms. The summed E-state index contributed by atoms with van der Waals surface area (Å²) in [4.78, 5) is 11.2. The van der Waals surface area contributed by atoms with Gasteiger partial charge < -0.3 is 5.11 Å². The van der Waals surface area contributed by atoms with Crippen LogP contribution < -0.4 is 0 Å². The highest BCUT2D eigenvalue weighted by molar-refractivity contribution is 9.10. The predicted molar refractivity (Wildman–Crippen MR) is 81.0 cm³/mol. The smallest absolute Gasteiger partial charge is 0.335 e. The molecular weight excluding hydrogens is 383 g/mol. The van der Waals surface area contributed by atoms with Crippen LogP contribution in [0.25, 0.3) is 0 Å². The molecule has 2 aromatic rings. The third-order valence-corrected chi connectivity index (χ3v) is 6.76. The number of hydrogen-bond donors (Lipinski definition) is 1. The number of hydrogen-bond acceptors (Lipinski definition) is 4. The van der Waals surface area contributed by atoms with E-state index in [0.29, 0.717) is 9.35 Å². The first-order chi connectivity index (χ1) is 9.72. The Hall–Kier alpha value is -1.25. The summed E-state index contributed by atoms with van der Waals surface area (Å²) in [5.41, 5.74) is -0.463. The van der Waals surface area contributed by atoms with Crippen molar-refractivity contribution in [2.45, 2.75) is 17.6 Å². The zero-order valence-corrected chi connectivity index (χ0v) is 14.0. The number of aromatic carboxylic acids is 1. The van der Waals surface area contributed by atoms with Crippen molar-refractivity contribution in [3.8, 4) is 0 Å². The minimum absolute atomic E-state index is 0.0762. The summed E-state index contributed by atoms with van der Waals surface area (Å²) in [6.45, 7) is 1.32. The largest absolute Gasteiger partial charge is 0.478 e. The Kier molecular flexibility index (Phi) is 4.50. The van der Waals surface area contributed by atoms with E-state index in [2.05, 4.69) is 15.9 Å². The van der Waals surface area contributed by atoms with Gasteiger partial charge in [0.15, 0.2) is 9.84 Å². The van der Waals surface area contributed by atoms with E-state index in [0.717, 1.165) is 12.1 Å².